The van der Waals surface area contributed by atoms with Crippen molar-refractivity contribution in [2.75, 3.05) is 0 Å². The predicted molar refractivity (Wildman–Crippen MR) is 90.8 cm³/mol. The van der Waals surface area contributed by atoms with Gasteiger partial charge in [-0.1, -0.05) is 40.2 Å². The van der Waals surface area contributed by atoms with Crippen molar-refractivity contribution < 1.29 is 4.42 Å². The molecule has 0 saturated carbocycles. The molecule has 2 nitrogen and oxygen atoms in total. The SMILES string of the molecule is Brc1ccc2c(c1)[nH]c1ccc3oc4ccccc4c3c12. The van der Waals surface area contributed by atoms with Gasteiger partial charge in [-0.2, -0.15) is 0 Å². The van der Waals surface area contributed by atoms with Gasteiger partial charge in [-0.15, -0.1) is 0 Å². The maximum atomic E-state index is 5.98. The lowest BCUT2D eigenvalue weighted by Gasteiger charge is -1.95. The van der Waals surface area contributed by atoms with Gasteiger partial charge in [0.05, 0.1) is 0 Å². The lowest BCUT2D eigenvalue weighted by Crippen LogP contribution is -1.71. The van der Waals surface area contributed by atoms with Gasteiger partial charge in [0.15, 0.2) is 0 Å². The van der Waals surface area contributed by atoms with Crippen LogP contribution in [0.4, 0.5) is 0 Å². The number of furan rings is 1. The third kappa shape index (κ3) is 1.47. The monoisotopic (exact) mass is 335 g/mol. The van der Waals surface area contributed by atoms with Crippen molar-refractivity contribution in [2.45, 2.75) is 0 Å². The van der Waals surface area contributed by atoms with Crippen molar-refractivity contribution in [1.29, 1.82) is 0 Å². The van der Waals surface area contributed by atoms with Gasteiger partial charge in [-0.05, 0) is 30.3 Å². The van der Waals surface area contributed by atoms with E-state index in [1.54, 1.807) is 0 Å². The number of aromatic amines is 1. The highest BCUT2D eigenvalue weighted by atomic mass is 79.9. The first kappa shape index (κ1) is 11.4. The summed E-state index contributed by atoms with van der Waals surface area (Å²) in [5.41, 5.74) is 4.15. The number of para-hydroxylation sites is 1. The molecular weight excluding hydrogens is 326 g/mol. The number of nitrogens with one attached hydrogen (secondary N) is 1. The number of halogens is 1. The first-order chi connectivity index (χ1) is 10.3. The molecule has 3 heteroatoms. The molecule has 0 radical (unpaired) electrons. The minimum atomic E-state index is 0.937. The third-order valence-corrected chi connectivity index (χ3v) is 4.56. The van der Waals surface area contributed by atoms with E-state index in [1.807, 2.05) is 18.2 Å². The van der Waals surface area contributed by atoms with Crippen LogP contribution >= 0.6 is 15.9 Å². The quantitative estimate of drug-likeness (QED) is 0.370. The molecule has 0 bridgehead atoms. The maximum absolute atomic E-state index is 5.98. The molecule has 2 heterocycles. The summed E-state index contributed by atoms with van der Waals surface area (Å²) < 4.78 is 7.06. The predicted octanol–water partition coefficient (Wildman–Crippen LogP) is 5.98. The van der Waals surface area contributed by atoms with Crippen molar-refractivity contribution in [3.8, 4) is 0 Å². The number of fused-ring (bicyclic) bond motifs is 7. The van der Waals surface area contributed by atoms with Crippen LogP contribution in [0, 0.1) is 0 Å². The highest BCUT2D eigenvalue weighted by Crippen LogP contribution is 2.38. The van der Waals surface area contributed by atoms with Crippen LogP contribution in [-0.2, 0) is 0 Å². The Morgan fingerprint density at radius 2 is 1.67 bits per heavy atom. The van der Waals surface area contributed by atoms with E-state index in [-0.39, 0.29) is 0 Å². The van der Waals surface area contributed by atoms with Gasteiger partial charge in [-0.3, -0.25) is 0 Å². The molecule has 0 unspecified atom stereocenters. The number of hydrogen-bond acceptors (Lipinski definition) is 1. The average Bonchev–Trinajstić information content (AvgIpc) is 3.03. The molecule has 0 aliphatic carbocycles. The number of aromatic nitrogens is 1. The second kappa shape index (κ2) is 3.89. The van der Waals surface area contributed by atoms with Gasteiger partial charge in [0.25, 0.3) is 0 Å². The van der Waals surface area contributed by atoms with Gasteiger partial charge in [0.2, 0.25) is 0 Å². The largest absolute Gasteiger partial charge is 0.456 e. The first-order valence-corrected chi connectivity index (χ1v) is 7.62. The van der Waals surface area contributed by atoms with E-state index < -0.39 is 0 Å². The summed E-state index contributed by atoms with van der Waals surface area (Å²) in [6.07, 6.45) is 0. The van der Waals surface area contributed by atoms with Crippen LogP contribution in [0.2, 0.25) is 0 Å². The van der Waals surface area contributed by atoms with Crippen LogP contribution in [0.3, 0.4) is 0 Å². The molecule has 0 aliphatic heterocycles. The smallest absolute Gasteiger partial charge is 0.136 e. The molecule has 5 aromatic rings. The normalized spacial score (nSPS) is 12.0. The lowest BCUT2D eigenvalue weighted by molar-refractivity contribution is 0.669. The Morgan fingerprint density at radius 1 is 0.762 bits per heavy atom. The zero-order valence-electron chi connectivity index (χ0n) is 11.0. The van der Waals surface area contributed by atoms with E-state index in [0.717, 1.165) is 26.7 Å². The topological polar surface area (TPSA) is 28.9 Å². The Balaban J connectivity index is 2.14. The summed E-state index contributed by atoms with van der Waals surface area (Å²) >= 11 is 3.53. The van der Waals surface area contributed by atoms with Gasteiger partial charge in [0.1, 0.15) is 11.2 Å². The molecule has 1 N–H and O–H groups in total. The fourth-order valence-corrected chi connectivity index (χ4v) is 3.54. The Kier molecular flexibility index (Phi) is 2.11. The lowest BCUT2D eigenvalue weighted by atomic mass is 10.1. The molecule has 5 rings (SSSR count). The zero-order valence-corrected chi connectivity index (χ0v) is 12.6. The highest BCUT2D eigenvalue weighted by Gasteiger charge is 2.14. The highest BCUT2D eigenvalue weighted by molar-refractivity contribution is 9.10. The van der Waals surface area contributed by atoms with Crippen LogP contribution in [-0.4, -0.2) is 4.98 Å². The molecule has 2 aromatic heterocycles. The van der Waals surface area contributed by atoms with E-state index in [4.69, 9.17) is 4.42 Å². The molecule has 0 aliphatic rings. The third-order valence-electron chi connectivity index (χ3n) is 4.06. The van der Waals surface area contributed by atoms with Gasteiger partial charge in [-0.25, -0.2) is 0 Å². The summed E-state index contributed by atoms with van der Waals surface area (Å²) in [6, 6.07) is 18.7. The molecule has 0 spiro atoms. The second-order valence-corrected chi connectivity index (χ2v) is 6.19. The summed E-state index contributed by atoms with van der Waals surface area (Å²) in [6.45, 7) is 0. The van der Waals surface area contributed by atoms with E-state index in [2.05, 4.69) is 57.3 Å². The van der Waals surface area contributed by atoms with Gasteiger partial charge >= 0.3 is 0 Å². The zero-order chi connectivity index (χ0) is 14.0. The first-order valence-electron chi connectivity index (χ1n) is 6.82. The molecule has 0 saturated heterocycles. The second-order valence-electron chi connectivity index (χ2n) is 5.27. The molecule has 0 amide bonds. The summed E-state index contributed by atoms with van der Waals surface area (Å²) in [5.74, 6) is 0. The standard InChI is InChI=1S/C18H10BrNO/c19-10-5-6-11-14(9-10)20-13-7-8-16-18(17(11)13)12-3-1-2-4-15(12)21-16/h1-9,20H. The van der Waals surface area contributed by atoms with Crippen LogP contribution in [0.5, 0.6) is 0 Å². The summed E-state index contributed by atoms with van der Waals surface area (Å²) in [5, 5.41) is 4.82. The van der Waals surface area contributed by atoms with Crippen molar-refractivity contribution in [1.82, 2.24) is 4.98 Å². The summed E-state index contributed by atoms with van der Waals surface area (Å²) in [4.78, 5) is 3.49. The van der Waals surface area contributed by atoms with E-state index in [1.165, 1.54) is 21.5 Å². The Morgan fingerprint density at radius 3 is 2.62 bits per heavy atom. The molecule has 100 valence electrons. The van der Waals surface area contributed by atoms with Crippen LogP contribution in [0.15, 0.2) is 63.5 Å². The Bertz CT molecular complexity index is 1150. The Hall–Kier alpha value is -2.26. The number of H-pyrrole nitrogens is 1. The van der Waals surface area contributed by atoms with Gasteiger partial charge < -0.3 is 9.40 Å². The van der Waals surface area contributed by atoms with Crippen molar-refractivity contribution in [3.05, 3.63) is 59.1 Å². The molecule has 21 heavy (non-hydrogen) atoms. The number of benzene rings is 3. The van der Waals surface area contributed by atoms with Crippen LogP contribution in [0.25, 0.3) is 43.7 Å². The van der Waals surface area contributed by atoms with E-state index in [9.17, 15) is 0 Å². The minimum absolute atomic E-state index is 0.937. The summed E-state index contributed by atoms with van der Waals surface area (Å²) in [7, 11) is 0. The number of hydrogen-bond donors (Lipinski definition) is 1. The fraction of sp³-hybridized carbons (Fsp3) is 0. The molecule has 0 atom stereocenters. The van der Waals surface area contributed by atoms with Gasteiger partial charge in [0, 0.05) is 37.1 Å². The van der Waals surface area contributed by atoms with E-state index >= 15 is 0 Å². The average molecular weight is 336 g/mol. The Labute approximate surface area is 128 Å². The maximum Gasteiger partial charge on any atom is 0.136 e. The molecule has 0 fully saturated rings. The molecule has 3 aromatic carbocycles. The minimum Gasteiger partial charge on any atom is -0.456 e. The van der Waals surface area contributed by atoms with Crippen molar-refractivity contribution >= 4 is 59.7 Å². The number of rotatable bonds is 0. The van der Waals surface area contributed by atoms with Crippen molar-refractivity contribution in [2.24, 2.45) is 0 Å². The van der Waals surface area contributed by atoms with Crippen LogP contribution < -0.4 is 0 Å². The fourth-order valence-electron chi connectivity index (χ4n) is 3.18. The molecular formula is C18H10BrNO. The van der Waals surface area contributed by atoms with Crippen LogP contribution in [0.1, 0.15) is 0 Å². The van der Waals surface area contributed by atoms with Crippen molar-refractivity contribution in [3.63, 3.8) is 0 Å². The van der Waals surface area contributed by atoms with E-state index in [0.29, 0.717) is 0 Å².